The molecule has 0 fully saturated rings. The van der Waals surface area contributed by atoms with Crippen LogP contribution >= 0.6 is 0 Å². The predicted molar refractivity (Wildman–Crippen MR) is 116 cm³/mol. The number of carbonyl (C=O) groups is 1. The summed E-state index contributed by atoms with van der Waals surface area (Å²) in [6, 6.07) is 21.3. The van der Waals surface area contributed by atoms with Gasteiger partial charge in [0.1, 0.15) is 11.4 Å². The molecular formula is C24H21N3O2. The van der Waals surface area contributed by atoms with Crippen LogP contribution in [0.4, 0.5) is 5.69 Å². The zero-order valence-corrected chi connectivity index (χ0v) is 16.3. The second-order valence-corrected chi connectivity index (χ2v) is 6.65. The highest BCUT2D eigenvalue weighted by Gasteiger charge is 2.11. The molecule has 0 aliphatic rings. The number of rotatable bonds is 5. The first-order chi connectivity index (χ1) is 14.1. The van der Waals surface area contributed by atoms with Crippen molar-refractivity contribution in [3.63, 3.8) is 0 Å². The van der Waals surface area contributed by atoms with Crippen LogP contribution in [0, 0.1) is 6.92 Å². The van der Waals surface area contributed by atoms with Crippen molar-refractivity contribution in [2.45, 2.75) is 6.92 Å². The maximum atomic E-state index is 12.3. The van der Waals surface area contributed by atoms with E-state index < -0.39 is 0 Å². The van der Waals surface area contributed by atoms with E-state index in [1.54, 1.807) is 13.2 Å². The van der Waals surface area contributed by atoms with Crippen LogP contribution in [0.3, 0.4) is 0 Å². The third-order valence-electron chi connectivity index (χ3n) is 4.72. The molecule has 5 nitrogen and oxygen atoms in total. The molecule has 0 saturated heterocycles. The van der Waals surface area contributed by atoms with Gasteiger partial charge in [-0.1, -0.05) is 30.3 Å². The van der Waals surface area contributed by atoms with E-state index in [1.807, 2.05) is 84.3 Å². The fraction of sp³-hybridized carbons (Fsp3) is 0.0833. The van der Waals surface area contributed by atoms with Crippen molar-refractivity contribution in [3.05, 3.63) is 90.3 Å². The summed E-state index contributed by atoms with van der Waals surface area (Å²) in [4.78, 5) is 17.0. The number of hydrogen-bond donors (Lipinski definition) is 1. The highest BCUT2D eigenvalue weighted by molar-refractivity contribution is 6.01. The third kappa shape index (κ3) is 4.04. The summed E-state index contributed by atoms with van der Waals surface area (Å²) in [5.41, 5.74) is 5.44. The van der Waals surface area contributed by atoms with Gasteiger partial charge in [-0.2, -0.15) is 0 Å². The molecule has 5 heteroatoms. The monoisotopic (exact) mass is 383 g/mol. The number of carbonyl (C=O) groups excluding carboxylic acids is 1. The van der Waals surface area contributed by atoms with Gasteiger partial charge in [0.05, 0.1) is 18.5 Å². The van der Waals surface area contributed by atoms with Gasteiger partial charge in [-0.15, -0.1) is 0 Å². The number of methoxy groups -OCH3 is 1. The van der Waals surface area contributed by atoms with Crippen LogP contribution in [0.15, 0.2) is 79.0 Å². The Hall–Kier alpha value is -3.86. The summed E-state index contributed by atoms with van der Waals surface area (Å²) in [7, 11) is 1.65. The number of aryl methyl sites for hydroxylation is 1. The molecule has 0 aliphatic heterocycles. The van der Waals surface area contributed by atoms with E-state index in [0.29, 0.717) is 5.69 Å². The molecule has 2 aromatic heterocycles. The molecule has 0 radical (unpaired) electrons. The lowest BCUT2D eigenvalue weighted by Gasteiger charge is -2.05. The lowest BCUT2D eigenvalue weighted by molar-refractivity contribution is -0.111. The van der Waals surface area contributed by atoms with Gasteiger partial charge in [0.15, 0.2) is 0 Å². The first-order valence-corrected chi connectivity index (χ1v) is 9.31. The zero-order valence-electron chi connectivity index (χ0n) is 16.3. The number of anilines is 1. The number of benzene rings is 2. The number of ether oxygens (including phenoxy) is 1. The van der Waals surface area contributed by atoms with E-state index in [4.69, 9.17) is 9.72 Å². The maximum absolute atomic E-state index is 12.3. The molecule has 1 amide bonds. The van der Waals surface area contributed by atoms with Gasteiger partial charge in [-0.3, -0.25) is 4.79 Å². The van der Waals surface area contributed by atoms with Crippen LogP contribution in [0.5, 0.6) is 5.75 Å². The summed E-state index contributed by atoms with van der Waals surface area (Å²) in [5.74, 6) is 0.630. The SMILES string of the molecule is COc1ccc(-c2nc3ccc(NC(=O)/C=C/c4ccccc4)cn3c2C)cc1. The van der Waals surface area contributed by atoms with Crippen molar-refractivity contribution in [2.24, 2.45) is 0 Å². The number of aromatic nitrogens is 2. The standard InChI is InChI=1S/C24H21N3O2/c1-17-24(19-9-12-21(29-2)13-10-19)26-22-14-11-20(16-27(17)22)25-23(28)15-8-18-6-4-3-5-7-18/h3-16H,1-2H3,(H,25,28)/b15-8+. The van der Waals surface area contributed by atoms with E-state index in [9.17, 15) is 4.79 Å². The Balaban J connectivity index is 1.56. The van der Waals surface area contributed by atoms with Crippen molar-refractivity contribution >= 4 is 23.3 Å². The van der Waals surface area contributed by atoms with Gasteiger partial charge < -0.3 is 14.5 Å². The lowest BCUT2D eigenvalue weighted by Crippen LogP contribution is -2.08. The van der Waals surface area contributed by atoms with Crippen molar-refractivity contribution in [1.82, 2.24) is 9.38 Å². The normalized spacial score (nSPS) is 11.1. The van der Waals surface area contributed by atoms with E-state index >= 15 is 0 Å². The van der Waals surface area contributed by atoms with Crippen molar-refractivity contribution in [2.75, 3.05) is 12.4 Å². The molecule has 29 heavy (non-hydrogen) atoms. The highest BCUT2D eigenvalue weighted by atomic mass is 16.5. The van der Waals surface area contributed by atoms with Gasteiger partial charge in [0, 0.05) is 23.5 Å². The van der Waals surface area contributed by atoms with E-state index in [-0.39, 0.29) is 5.91 Å². The molecule has 0 spiro atoms. The average Bonchev–Trinajstić information content (AvgIpc) is 3.09. The van der Waals surface area contributed by atoms with Crippen LogP contribution < -0.4 is 10.1 Å². The molecule has 4 rings (SSSR count). The van der Waals surface area contributed by atoms with E-state index in [0.717, 1.165) is 33.9 Å². The third-order valence-corrected chi connectivity index (χ3v) is 4.72. The fourth-order valence-electron chi connectivity index (χ4n) is 3.18. The topological polar surface area (TPSA) is 55.6 Å². The van der Waals surface area contributed by atoms with Gasteiger partial charge in [0.25, 0.3) is 0 Å². The molecule has 0 unspecified atom stereocenters. The molecule has 0 saturated carbocycles. The minimum absolute atomic E-state index is 0.179. The van der Waals surface area contributed by atoms with Crippen LogP contribution in [-0.4, -0.2) is 22.4 Å². The number of nitrogens with one attached hydrogen (secondary N) is 1. The van der Waals surface area contributed by atoms with Crippen LogP contribution in [0.1, 0.15) is 11.3 Å². The smallest absolute Gasteiger partial charge is 0.248 e. The Morgan fingerprint density at radius 3 is 2.52 bits per heavy atom. The number of amides is 1. The summed E-state index contributed by atoms with van der Waals surface area (Å²) in [6.45, 7) is 2.01. The first kappa shape index (κ1) is 18.5. The second-order valence-electron chi connectivity index (χ2n) is 6.65. The summed E-state index contributed by atoms with van der Waals surface area (Å²) in [5, 5.41) is 2.90. The number of fused-ring (bicyclic) bond motifs is 1. The Morgan fingerprint density at radius 2 is 1.79 bits per heavy atom. The highest BCUT2D eigenvalue weighted by Crippen LogP contribution is 2.26. The molecule has 0 aliphatic carbocycles. The first-order valence-electron chi connectivity index (χ1n) is 9.31. The van der Waals surface area contributed by atoms with Gasteiger partial charge >= 0.3 is 0 Å². The molecule has 2 heterocycles. The zero-order chi connectivity index (χ0) is 20.2. The van der Waals surface area contributed by atoms with E-state index in [2.05, 4.69) is 5.32 Å². The summed E-state index contributed by atoms with van der Waals surface area (Å²) < 4.78 is 7.21. The number of nitrogens with zero attached hydrogens (tertiary/aromatic N) is 2. The Morgan fingerprint density at radius 1 is 1.03 bits per heavy atom. The quantitative estimate of drug-likeness (QED) is 0.495. The Bertz CT molecular complexity index is 1180. The average molecular weight is 383 g/mol. The van der Waals surface area contributed by atoms with Gasteiger partial charge in [-0.05, 0) is 55.0 Å². The van der Waals surface area contributed by atoms with Crippen LogP contribution in [-0.2, 0) is 4.79 Å². The molecule has 0 bridgehead atoms. The van der Waals surface area contributed by atoms with Gasteiger partial charge in [0.2, 0.25) is 5.91 Å². The predicted octanol–water partition coefficient (Wildman–Crippen LogP) is 4.97. The molecule has 1 N–H and O–H groups in total. The summed E-state index contributed by atoms with van der Waals surface area (Å²) in [6.07, 6.45) is 5.21. The Labute approximate surface area is 169 Å². The number of pyridine rings is 1. The minimum atomic E-state index is -0.179. The molecule has 144 valence electrons. The fourth-order valence-corrected chi connectivity index (χ4v) is 3.18. The van der Waals surface area contributed by atoms with E-state index in [1.165, 1.54) is 6.08 Å². The molecule has 2 aromatic carbocycles. The Kier molecular flexibility index (Phi) is 5.12. The molecular weight excluding hydrogens is 362 g/mol. The minimum Gasteiger partial charge on any atom is -0.497 e. The number of hydrogen-bond acceptors (Lipinski definition) is 3. The largest absolute Gasteiger partial charge is 0.497 e. The number of imidazole rings is 1. The molecule has 0 atom stereocenters. The van der Waals surface area contributed by atoms with Crippen LogP contribution in [0.25, 0.3) is 23.0 Å². The van der Waals surface area contributed by atoms with Crippen molar-refractivity contribution < 1.29 is 9.53 Å². The lowest BCUT2D eigenvalue weighted by atomic mass is 10.1. The van der Waals surface area contributed by atoms with Crippen molar-refractivity contribution in [3.8, 4) is 17.0 Å². The van der Waals surface area contributed by atoms with Gasteiger partial charge in [-0.25, -0.2) is 4.98 Å². The summed E-state index contributed by atoms with van der Waals surface area (Å²) >= 11 is 0. The van der Waals surface area contributed by atoms with Crippen molar-refractivity contribution in [1.29, 1.82) is 0 Å². The maximum Gasteiger partial charge on any atom is 0.248 e. The van der Waals surface area contributed by atoms with Crippen LogP contribution in [0.2, 0.25) is 0 Å². The molecule has 4 aromatic rings. The second kappa shape index (κ2) is 8.02.